The molecule has 0 saturated carbocycles. The van der Waals surface area contributed by atoms with E-state index in [4.69, 9.17) is 4.52 Å². The van der Waals surface area contributed by atoms with Crippen molar-refractivity contribution in [1.29, 1.82) is 0 Å². The number of rotatable bonds is 6. The van der Waals surface area contributed by atoms with Crippen molar-refractivity contribution in [2.45, 2.75) is 19.6 Å². The number of benzene rings is 1. The van der Waals surface area contributed by atoms with Gasteiger partial charge in [-0.3, -0.25) is 4.90 Å². The third kappa shape index (κ3) is 4.12. The fourth-order valence-corrected chi connectivity index (χ4v) is 2.06. The van der Waals surface area contributed by atoms with Gasteiger partial charge in [0.15, 0.2) is 0 Å². The average Bonchev–Trinajstić information content (AvgIpc) is 2.94. The molecule has 7 nitrogen and oxygen atoms in total. The highest BCUT2D eigenvalue weighted by Crippen LogP contribution is 2.17. The number of nitrogens with zero attached hydrogens (tertiary/aromatic N) is 3. The standard InChI is InChI=1S/C15H19N3O4/c1-10(19)8-18(2)9-13-16-14(17-22-13)11-4-6-12(7-5-11)15(20)21-3/h4-7,10,19H,8-9H2,1-3H3. The van der Waals surface area contributed by atoms with Crippen LogP contribution in [-0.2, 0) is 11.3 Å². The van der Waals surface area contributed by atoms with Crippen molar-refractivity contribution in [2.24, 2.45) is 0 Å². The summed E-state index contributed by atoms with van der Waals surface area (Å²) in [5.41, 5.74) is 1.22. The molecular formula is C15H19N3O4. The molecule has 0 bridgehead atoms. The summed E-state index contributed by atoms with van der Waals surface area (Å²) in [4.78, 5) is 17.6. The molecule has 0 aliphatic rings. The Labute approximate surface area is 128 Å². The fraction of sp³-hybridized carbons (Fsp3) is 0.400. The highest BCUT2D eigenvalue weighted by atomic mass is 16.5. The number of hydrogen-bond acceptors (Lipinski definition) is 7. The van der Waals surface area contributed by atoms with Crippen molar-refractivity contribution in [3.05, 3.63) is 35.7 Å². The number of methoxy groups -OCH3 is 1. The number of carbonyl (C=O) groups is 1. The second-order valence-electron chi connectivity index (χ2n) is 5.13. The quantitative estimate of drug-likeness (QED) is 0.805. The predicted molar refractivity (Wildman–Crippen MR) is 79.1 cm³/mol. The normalized spacial score (nSPS) is 12.4. The number of esters is 1. The van der Waals surface area contributed by atoms with Crippen LogP contribution in [0.25, 0.3) is 11.4 Å². The minimum absolute atomic E-state index is 0.389. The van der Waals surface area contributed by atoms with Gasteiger partial charge in [0.05, 0.1) is 25.3 Å². The maximum absolute atomic E-state index is 11.4. The van der Waals surface area contributed by atoms with E-state index in [9.17, 15) is 9.90 Å². The monoisotopic (exact) mass is 305 g/mol. The van der Waals surface area contributed by atoms with Crippen molar-refractivity contribution >= 4 is 5.97 Å². The van der Waals surface area contributed by atoms with Crippen LogP contribution in [-0.4, -0.2) is 52.9 Å². The lowest BCUT2D eigenvalue weighted by Gasteiger charge is -2.15. The Morgan fingerprint density at radius 2 is 2.09 bits per heavy atom. The SMILES string of the molecule is COC(=O)c1ccc(-c2noc(CN(C)CC(C)O)n2)cc1. The van der Waals surface area contributed by atoms with Crippen LogP contribution < -0.4 is 0 Å². The molecule has 1 heterocycles. The molecule has 7 heteroatoms. The number of aliphatic hydroxyl groups excluding tert-OH is 1. The van der Waals surface area contributed by atoms with Crippen LogP contribution in [0, 0.1) is 0 Å². The summed E-state index contributed by atoms with van der Waals surface area (Å²) in [6, 6.07) is 6.77. The zero-order chi connectivity index (χ0) is 16.1. The molecule has 2 aromatic rings. The number of likely N-dealkylation sites (N-methyl/N-ethyl adjacent to an activating group) is 1. The molecule has 0 radical (unpaired) electrons. The maximum atomic E-state index is 11.4. The first-order valence-electron chi connectivity index (χ1n) is 6.87. The Morgan fingerprint density at radius 1 is 1.41 bits per heavy atom. The van der Waals surface area contributed by atoms with Gasteiger partial charge in [0, 0.05) is 12.1 Å². The van der Waals surface area contributed by atoms with Crippen LogP contribution in [0.3, 0.4) is 0 Å². The molecule has 0 saturated heterocycles. The Hall–Kier alpha value is -2.25. The van der Waals surface area contributed by atoms with Gasteiger partial charge in [0.25, 0.3) is 0 Å². The second-order valence-corrected chi connectivity index (χ2v) is 5.13. The largest absolute Gasteiger partial charge is 0.465 e. The Balaban J connectivity index is 2.06. The Kier molecular flexibility index (Phi) is 5.24. The van der Waals surface area contributed by atoms with Crippen LogP contribution in [0.4, 0.5) is 0 Å². The van der Waals surface area contributed by atoms with E-state index in [2.05, 4.69) is 14.9 Å². The van der Waals surface area contributed by atoms with Gasteiger partial charge in [-0.05, 0) is 26.1 Å². The minimum Gasteiger partial charge on any atom is -0.465 e. The summed E-state index contributed by atoms with van der Waals surface area (Å²) in [6.07, 6.45) is -0.418. The zero-order valence-electron chi connectivity index (χ0n) is 12.8. The van der Waals surface area contributed by atoms with Gasteiger partial charge in [0.1, 0.15) is 0 Å². The predicted octanol–water partition coefficient (Wildman–Crippen LogP) is 1.34. The van der Waals surface area contributed by atoms with Crippen molar-refractivity contribution in [2.75, 3.05) is 20.7 Å². The van der Waals surface area contributed by atoms with E-state index in [1.54, 1.807) is 31.2 Å². The molecule has 0 amide bonds. The molecule has 1 unspecified atom stereocenters. The number of carbonyl (C=O) groups excluding carboxylic acids is 1. The third-order valence-corrected chi connectivity index (χ3v) is 3.01. The Morgan fingerprint density at radius 3 is 2.68 bits per heavy atom. The molecule has 1 atom stereocenters. The molecule has 1 N–H and O–H groups in total. The summed E-state index contributed by atoms with van der Waals surface area (Å²) < 4.78 is 9.84. The van der Waals surface area contributed by atoms with E-state index in [1.165, 1.54) is 7.11 Å². The smallest absolute Gasteiger partial charge is 0.337 e. The molecule has 0 spiro atoms. The molecular weight excluding hydrogens is 286 g/mol. The van der Waals surface area contributed by atoms with Crippen molar-refractivity contribution in [1.82, 2.24) is 15.0 Å². The molecule has 1 aromatic carbocycles. The van der Waals surface area contributed by atoms with Gasteiger partial charge in [-0.2, -0.15) is 4.98 Å². The zero-order valence-corrected chi connectivity index (χ0v) is 12.8. The van der Waals surface area contributed by atoms with Gasteiger partial charge in [-0.1, -0.05) is 17.3 Å². The van der Waals surface area contributed by atoms with E-state index < -0.39 is 6.10 Å². The molecule has 118 valence electrons. The van der Waals surface area contributed by atoms with Crippen LogP contribution in [0.5, 0.6) is 0 Å². The van der Waals surface area contributed by atoms with E-state index in [1.807, 2.05) is 11.9 Å². The first-order valence-corrected chi connectivity index (χ1v) is 6.87. The first kappa shape index (κ1) is 16.1. The summed E-state index contributed by atoms with van der Waals surface area (Å²) in [7, 11) is 3.20. The summed E-state index contributed by atoms with van der Waals surface area (Å²) in [6.45, 7) is 2.70. The van der Waals surface area contributed by atoms with E-state index in [-0.39, 0.29) is 5.97 Å². The molecule has 2 rings (SSSR count). The average molecular weight is 305 g/mol. The lowest BCUT2D eigenvalue weighted by atomic mass is 10.1. The van der Waals surface area contributed by atoms with Crippen LogP contribution in [0.2, 0.25) is 0 Å². The first-order chi connectivity index (χ1) is 10.5. The number of ether oxygens (including phenoxy) is 1. The van der Waals surface area contributed by atoms with Crippen molar-refractivity contribution < 1.29 is 19.2 Å². The fourth-order valence-electron chi connectivity index (χ4n) is 2.06. The minimum atomic E-state index is -0.418. The van der Waals surface area contributed by atoms with Gasteiger partial charge in [-0.25, -0.2) is 4.79 Å². The molecule has 22 heavy (non-hydrogen) atoms. The van der Waals surface area contributed by atoms with E-state index >= 15 is 0 Å². The van der Waals surface area contributed by atoms with Gasteiger partial charge < -0.3 is 14.4 Å². The lowest BCUT2D eigenvalue weighted by Crippen LogP contribution is -2.26. The van der Waals surface area contributed by atoms with Crippen LogP contribution >= 0.6 is 0 Å². The summed E-state index contributed by atoms with van der Waals surface area (Å²) in [5.74, 6) is 0.534. The van der Waals surface area contributed by atoms with E-state index in [0.29, 0.717) is 30.4 Å². The Bertz CT molecular complexity index is 622. The second kappa shape index (κ2) is 7.15. The summed E-state index contributed by atoms with van der Waals surface area (Å²) >= 11 is 0. The molecule has 0 aliphatic heterocycles. The van der Waals surface area contributed by atoms with Crippen molar-refractivity contribution in [3.8, 4) is 11.4 Å². The number of aliphatic hydroxyl groups is 1. The van der Waals surface area contributed by atoms with Crippen LogP contribution in [0.15, 0.2) is 28.8 Å². The molecule has 0 fully saturated rings. The van der Waals surface area contributed by atoms with Crippen molar-refractivity contribution in [3.63, 3.8) is 0 Å². The maximum Gasteiger partial charge on any atom is 0.337 e. The van der Waals surface area contributed by atoms with Gasteiger partial charge in [-0.15, -0.1) is 0 Å². The topological polar surface area (TPSA) is 88.7 Å². The lowest BCUT2D eigenvalue weighted by molar-refractivity contribution is 0.0600. The molecule has 1 aromatic heterocycles. The van der Waals surface area contributed by atoms with Gasteiger partial charge in [0.2, 0.25) is 11.7 Å². The third-order valence-electron chi connectivity index (χ3n) is 3.01. The number of hydrogen-bond donors (Lipinski definition) is 1. The van der Waals surface area contributed by atoms with Crippen LogP contribution in [0.1, 0.15) is 23.2 Å². The van der Waals surface area contributed by atoms with Gasteiger partial charge >= 0.3 is 5.97 Å². The highest BCUT2D eigenvalue weighted by Gasteiger charge is 2.12. The highest BCUT2D eigenvalue weighted by molar-refractivity contribution is 5.89. The summed E-state index contributed by atoms with van der Waals surface area (Å²) in [5, 5.41) is 13.3. The van der Waals surface area contributed by atoms with E-state index in [0.717, 1.165) is 5.56 Å². The molecule has 0 aliphatic carbocycles. The number of aromatic nitrogens is 2.